The molecular formula is C15H30. The van der Waals surface area contributed by atoms with Crippen molar-refractivity contribution in [2.24, 2.45) is 29.1 Å². The second-order valence-electron chi connectivity index (χ2n) is 6.41. The highest BCUT2D eigenvalue weighted by molar-refractivity contribution is 4.95. The molecule has 1 saturated carbocycles. The van der Waals surface area contributed by atoms with E-state index in [0.29, 0.717) is 5.41 Å². The zero-order chi connectivity index (χ0) is 11.6. The summed E-state index contributed by atoms with van der Waals surface area (Å²) in [5.41, 5.74) is 0.617. The minimum Gasteiger partial charge on any atom is -0.0651 e. The predicted octanol–water partition coefficient (Wildman–Crippen LogP) is 5.13. The Bertz CT molecular complexity index is 182. The lowest BCUT2D eigenvalue weighted by Crippen LogP contribution is -2.44. The van der Waals surface area contributed by atoms with Crippen molar-refractivity contribution in [2.75, 3.05) is 0 Å². The van der Waals surface area contributed by atoms with Gasteiger partial charge in [-0.15, -0.1) is 0 Å². The van der Waals surface area contributed by atoms with Crippen LogP contribution in [0.4, 0.5) is 0 Å². The van der Waals surface area contributed by atoms with Crippen molar-refractivity contribution in [3.63, 3.8) is 0 Å². The van der Waals surface area contributed by atoms with Crippen LogP contribution in [0.1, 0.15) is 67.2 Å². The van der Waals surface area contributed by atoms with Gasteiger partial charge in [-0.1, -0.05) is 54.4 Å². The molecule has 0 aromatic carbocycles. The van der Waals surface area contributed by atoms with E-state index in [1.807, 2.05) is 0 Å². The number of rotatable bonds is 3. The highest BCUT2D eigenvalue weighted by Gasteiger charge is 2.46. The van der Waals surface area contributed by atoms with E-state index >= 15 is 0 Å². The fourth-order valence-corrected chi connectivity index (χ4v) is 4.29. The summed E-state index contributed by atoms with van der Waals surface area (Å²) >= 11 is 0. The van der Waals surface area contributed by atoms with Gasteiger partial charge in [0.15, 0.2) is 0 Å². The van der Waals surface area contributed by atoms with Gasteiger partial charge in [-0.25, -0.2) is 0 Å². The van der Waals surface area contributed by atoms with Crippen molar-refractivity contribution in [1.29, 1.82) is 0 Å². The highest BCUT2D eigenvalue weighted by Crippen LogP contribution is 2.54. The average Bonchev–Trinajstić information content (AvgIpc) is 2.16. The Morgan fingerprint density at radius 3 is 2.00 bits per heavy atom. The van der Waals surface area contributed by atoms with Gasteiger partial charge >= 0.3 is 0 Å². The molecule has 0 N–H and O–H groups in total. The van der Waals surface area contributed by atoms with Crippen LogP contribution < -0.4 is 0 Å². The molecule has 0 nitrogen and oxygen atoms in total. The van der Waals surface area contributed by atoms with E-state index in [1.54, 1.807) is 0 Å². The van der Waals surface area contributed by atoms with Crippen LogP contribution in [0.25, 0.3) is 0 Å². The summed E-state index contributed by atoms with van der Waals surface area (Å²) in [5, 5.41) is 0. The standard InChI is InChI=1S/C15H30/c1-7-14-9-8-13(6)10-15(14,11(2)3)12(4)5/h11-14H,7-10H2,1-6H3. The molecule has 1 aliphatic carbocycles. The van der Waals surface area contributed by atoms with Crippen LogP contribution >= 0.6 is 0 Å². The fourth-order valence-electron chi connectivity index (χ4n) is 4.29. The lowest BCUT2D eigenvalue weighted by molar-refractivity contribution is -0.0304. The van der Waals surface area contributed by atoms with E-state index in [-0.39, 0.29) is 0 Å². The first-order chi connectivity index (χ1) is 6.95. The molecule has 0 aromatic heterocycles. The van der Waals surface area contributed by atoms with Crippen LogP contribution in [0.15, 0.2) is 0 Å². The molecule has 90 valence electrons. The molecule has 2 atom stereocenters. The summed E-state index contributed by atoms with van der Waals surface area (Å²) in [6.45, 7) is 14.6. The third-order valence-electron chi connectivity index (χ3n) is 5.11. The van der Waals surface area contributed by atoms with E-state index < -0.39 is 0 Å². The molecule has 0 saturated heterocycles. The monoisotopic (exact) mass is 210 g/mol. The second-order valence-corrected chi connectivity index (χ2v) is 6.41. The molecule has 2 unspecified atom stereocenters. The van der Waals surface area contributed by atoms with Gasteiger partial charge in [0.25, 0.3) is 0 Å². The SMILES string of the molecule is CCC1CCC(C)CC1(C(C)C)C(C)C. The molecule has 1 aliphatic rings. The van der Waals surface area contributed by atoms with Crippen molar-refractivity contribution >= 4 is 0 Å². The van der Waals surface area contributed by atoms with E-state index in [0.717, 1.165) is 23.7 Å². The maximum Gasteiger partial charge on any atom is -0.0221 e. The molecule has 0 spiro atoms. The van der Waals surface area contributed by atoms with E-state index in [4.69, 9.17) is 0 Å². The van der Waals surface area contributed by atoms with Crippen LogP contribution in [0.2, 0.25) is 0 Å². The van der Waals surface area contributed by atoms with Crippen LogP contribution in [0, 0.1) is 29.1 Å². The van der Waals surface area contributed by atoms with Gasteiger partial charge in [-0.05, 0) is 41.9 Å². The molecule has 0 amide bonds. The lowest BCUT2D eigenvalue weighted by Gasteiger charge is -2.52. The maximum atomic E-state index is 2.45. The van der Waals surface area contributed by atoms with Crippen molar-refractivity contribution in [1.82, 2.24) is 0 Å². The summed E-state index contributed by atoms with van der Waals surface area (Å²) in [5.74, 6) is 3.58. The van der Waals surface area contributed by atoms with Crippen LogP contribution in [0.5, 0.6) is 0 Å². The first kappa shape index (κ1) is 13.1. The Labute approximate surface area is 96.8 Å². The summed E-state index contributed by atoms with van der Waals surface area (Å²) in [6, 6.07) is 0. The summed E-state index contributed by atoms with van der Waals surface area (Å²) in [7, 11) is 0. The Kier molecular flexibility index (Phi) is 4.26. The first-order valence-corrected chi connectivity index (χ1v) is 6.95. The minimum absolute atomic E-state index is 0.617. The maximum absolute atomic E-state index is 2.45. The quantitative estimate of drug-likeness (QED) is 0.605. The lowest BCUT2D eigenvalue weighted by atomic mass is 9.53. The van der Waals surface area contributed by atoms with Gasteiger partial charge in [-0.2, -0.15) is 0 Å². The van der Waals surface area contributed by atoms with Gasteiger partial charge in [0.1, 0.15) is 0 Å². The molecule has 1 fully saturated rings. The van der Waals surface area contributed by atoms with Gasteiger partial charge in [0, 0.05) is 0 Å². The van der Waals surface area contributed by atoms with Gasteiger partial charge < -0.3 is 0 Å². The van der Waals surface area contributed by atoms with Crippen molar-refractivity contribution < 1.29 is 0 Å². The van der Waals surface area contributed by atoms with Gasteiger partial charge in [0.2, 0.25) is 0 Å². The second kappa shape index (κ2) is 4.89. The topological polar surface area (TPSA) is 0 Å². The molecule has 0 bridgehead atoms. The zero-order valence-electron chi connectivity index (χ0n) is 11.6. The van der Waals surface area contributed by atoms with Crippen LogP contribution in [0.3, 0.4) is 0 Å². The van der Waals surface area contributed by atoms with Gasteiger partial charge in [0.05, 0.1) is 0 Å². The largest absolute Gasteiger partial charge is 0.0651 e. The van der Waals surface area contributed by atoms with Gasteiger partial charge in [-0.3, -0.25) is 0 Å². The molecule has 0 heterocycles. The van der Waals surface area contributed by atoms with E-state index in [1.165, 1.54) is 25.7 Å². The van der Waals surface area contributed by atoms with Crippen molar-refractivity contribution in [2.45, 2.75) is 67.2 Å². The average molecular weight is 210 g/mol. The Morgan fingerprint density at radius 1 is 1.07 bits per heavy atom. The van der Waals surface area contributed by atoms with Crippen molar-refractivity contribution in [3.8, 4) is 0 Å². The fraction of sp³-hybridized carbons (Fsp3) is 1.00. The molecule has 15 heavy (non-hydrogen) atoms. The molecular weight excluding hydrogens is 180 g/mol. The number of hydrogen-bond donors (Lipinski definition) is 0. The Morgan fingerprint density at radius 2 is 1.60 bits per heavy atom. The smallest absolute Gasteiger partial charge is 0.0221 e. The molecule has 0 aliphatic heterocycles. The molecule has 0 heteroatoms. The van der Waals surface area contributed by atoms with E-state index in [2.05, 4.69) is 41.5 Å². The van der Waals surface area contributed by atoms with Crippen LogP contribution in [-0.4, -0.2) is 0 Å². The Hall–Kier alpha value is 0. The zero-order valence-corrected chi connectivity index (χ0v) is 11.6. The third kappa shape index (κ3) is 2.24. The summed E-state index contributed by atoms with van der Waals surface area (Å²) < 4.78 is 0. The van der Waals surface area contributed by atoms with Crippen LogP contribution in [-0.2, 0) is 0 Å². The van der Waals surface area contributed by atoms with E-state index in [9.17, 15) is 0 Å². The van der Waals surface area contributed by atoms with Crippen molar-refractivity contribution in [3.05, 3.63) is 0 Å². The first-order valence-electron chi connectivity index (χ1n) is 6.95. The molecule has 0 radical (unpaired) electrons. The summed E-state index contributed by atoms with van der Waals surface area (Å²) in [6.07, 6.45) is 5.76. The molecule has 0 aromatic rings. The number of hydrogen-bond acceptors (Lipinski definition) is 0. The molecule has 1 rings (SSSR count). The Balaban J connectivity index is 2.98. The highest BCUT2D eigenvalue weighted by atomic mass is 14.5. The minimum atomic E-state index is 0.617. The summed E-state index contributed by atoms with van der Waals surface area (Å²) in [4.78, 5) is 0. The third-order valence-corrected chi connectivity index (χ3v) is 5.11. The normalized spacial score (nSPS) is 31.2. The predicted molar refractivity (Wildman–Crippen MR) is 68.9 cm³/mol.